The fourth-order valence-corrected chi connectivity index (χ4v) is 0.194. The highest BCUT2D eigenvalue weighted by Gasteiger charge is 1.76. The number of hydrogen-bond acceptors (Lipinski definition) is 1. The molecule has 6 heavy (non-hydrogen) atoms. The summed E-state index contributed by atoms with van der Waals surface area (Å²) < 4.78 is 0. The van der Waals surface area contributed by atoms with E-state index in [1.165, 1.54) is 0 Å². The molecule has 0 aliphatic heterocycles. The molecule has 0 atom stereocenters. The molecule has 0 rings (SSSR count). The summed E-state index contributed by atoms with van der Waals surface area (Å²) >= 11 is 0. The summed E-state index contributed by atoms with van der Waals surface area (Å²) in [6.07, 6.45) is 3.62. The van der Waals surface area contributed by atoms with Gasteiger partial charge in [-0.3, -0.25) is 0 Å². The van der Waals surface area contributed by atoms with E-state index in [1.54, 1.807) is 6.21 Å². The summed E-state index contributed by atoms with van der Waals surface area (Å²) in [6, 6.07) is 0. The van der Waals surface area contributed by atoms with Crippen molar-refractivity contribution in [3.63, 3.8) is 0 Å². The second kappa shape index (κ2) is 4.38. The van der Waals surface area contributed by atoms with Crippen LogP contribution in [0.5, 0.6) is 0 Å². The molecule has 0 saturated carbocycles. The van der Waals surface area contributed by atoms with Gasteiger partial charge in [-0.05, 0) is 6.42 Å². The van der Waals surface area contributed by atoms with Crippen molar-refractivity contribution in [2.45, 2.75) is 19.8 Å². The first-order chi connectivity index (χ1) is 2.91. The van der Waals surface area contributed by atoms with Crippen LogP contribution in [0, 0.1) is 5.53 Å². The summed E-state index contributed by atoms with van der Waals surface area (Å²) in [5.41, 5.74) is 6.28. The van der Waals surface area contributed by atoms with Crippen molar-refractivity contribution in [3.05, 3.63) is 0 Å². The van der Waals surface area contributed by atoms with E-state index in [4.69, 9.17) is 5.53 Å². The van der Waals surface area contributed by atoms with E-state index in [0.717, 1.165) is 12.8 Å². The van der Waals surface area contributed by atoms with E-state index < -0.39 is 0 Å². The fraction of sp³-hybridized carbons (Fsp3) is 0.750. The number of unbranched alkanes of at least 4 members (excludes halogenated alkanes) is 1. The molecule has 34 valence electrons. The maximum Gasteiger partial charge on any atom is 0.306 e. The minimum atomic E-state index is 0.934. The van der Waals surface area contributed by atoms with Crippen LogP contribution in [0.4, 0.5) is 0 Å². The van der Waals surface area contributed by atoms with E-state index in [2.05, 4.69) is 11.7 Å². The average molecular weight is 85.1 g/mol. The first kappa shape index (κ1) is 5.38. The number of nitrogens with zero attached hydrogens (tertiary/aromatic N) is 1. The summed E-state index contributed by atoms with van der Waals surface area (Å²) in [4.78, 5) is 3.05. The van der Waals surface area contributed by atoms with Gasteiger partial charge in [0, 0.05) is 11.2 Å². The van der Waals surface area contributed by atoms with Crippen LogP contribution >= 0.6 is 0 Å². The third-order valence-electron chi connectivity index (χ3n) is 0.509. The summed E-state index contributed by atoms with van der Waals surface area (Å²) in [5, 5.41) is 0. The molecule has 0 aromatic carbocycles. The highest BCUT2D eigenvalue weighted by molar-refractivity contribution is 5.49. The molecule has 0 amide bonds. The standard InChI is InChI=1S/C4H9N2/c1-2-3-4-6-5/h4-5H,2-3H2,1H3/q+1. The topological polar surface area (TPSA) is 38.0 Å². The zero-order chi connectivity index (χ0) is 4.83. The normalized spacial score (nSPS) is 6.83. The minimum Gasteiger partial charge on any atom is -0.0648 e. The van der Waals surface area contributed by atoms with E-state index in [1.807, 2.05) is 0 Å². The lowest BCUT2D eigenvalue weighted by Crippen LogP contribution is -1.69. The molecule has 0 fully saturated rings. The fourth-order valence-electron chi connectivity index (χ4n) is 0.194. The van der Waals surface area contributed by atoms with Crippen LogP contribution in [0.25, 0.3) is 0 Å². The van der Waals surface area contributed by atoms with Crippen LogP contribution in [0.15, 0.2) is 0 Å². The van der Waals surface area contributed by atoms with E-state index in [9.17, 15) is 0 Å². The second-order valence-corrected chi connectivity index (χ2v) is 1.10. The van der Waals surface area contributed by atoms with E-state index in [0.29, 0.717) is 0 Å². The average Bonchev–Trinajstić information content (AvgIpc) is 1.61. The third kappa shape index (κ3) is 3.38. The molecule has 0 spiro atoms. The van der Waals surface area contributed by atoms with Crippen LogP contribution in [-0.4, -0.2) is 11.0 Å². The van der Waals surface area contributed by atoms with Crippen molar-refractivity contribution in [1.29, 1.82) is 5.53 Å². The first-order valence-electron chi connectivity index (χ1n) is 2.10. The van der Waals surface area contributed by atoms with Crippen LogP contribution in [0.1, 0.15) is 19.8 Å². The Morgan fingerprint density at radius 3 is 2.67 bits per heavy atom. The molecule has 0 aliphatic rings. The molecule has 2 heteroatoms. The SMILES string of the molecule is CCCC=[N+]=N. The Hall–Kier alpha value is -0.620. The zero-order valence-corrected chi connectivity index (χ0v) is 3.94. The smallest absolute Gasteiger partial charge is 0.0648 e. The van der Waals surface area contributed by atoms with Crippen molar-refractivity contribution in [2.75, 3.05) is 0 Å². The Morgan fingerprint density at radius 2 is 2.50 bits per heavy atom. The summed E-state index contributed by atoms with van der Waals surface area (Å²) in [5.74, 6) is 0. The van der Waals surface area contributed by atoms with Crippen LogP contribution in [0.2, 0.25) is 0 Å². The molecule has 0 aromatic rings. The lowest BCUT2D eigenvalue weighted by molar-refractivity contribution is -0.114. The van der Waals surface area contributed by atoms with Crippen LogP contribution in [-0.2, 0) is 0 Å². The Bertz CT molecular complexity index is 61.9. The van der Waals surface area contributed by atoms with Gasteiger partial charge in [0.1, 0.15) is 0 Å². The molecular weight excluding hydrogens is 76.1 g/mol. The van der Waals surface area contributed by atoms with Gasteiger partial charge < -0.3 is 0 Å². The van der Waals surface area contributed by atoms with Gasteiger partial charge >= 0.3 is 6.21 Å². The van der Waals surface area contributed by atoms with Gasteiger partial charge in [-0.2, -0.15) is 0 Å². The quantitative estimate of drug-likeness (QED) is 0.296. The molecule has 0 heterocycles. The minimum absolute atomic E-state index is 0.934. The molecule has 0 unspecified atom stereocenters. The van der Waals surface area contributed by atoms with Crippen molar-refractivity contribution >= 4 is 6.21 Å². The van der Waals surface area contributed by atoms with E-state index >= 15 is 0 Å². The van der Waals surface area contributed by atoms with Gasteiger partial charge in [-0.15, -0.1) is 0 Å². The van der Waals surface area contributed by atoms with Crippen molar-refractivity contribution in [3.8, 4) is 0 Å². The predicted octanol–water partition coefficient (Wildman–Crippen LogP) is 1.10. The zero-order valence-electron chi connectivity index (χ0n) is 3.94. The molecule has 0 aliphatic carbocycles. The predicted molar refractivity (Wildman–Crippen MR) is 24.0 cm³/mol. The molecule has 0 aromatic heterocycles. The Labute approximate surface area is 37.4 Å². The lowest BCUT2D eigenvalue weighted by atomic mass is 10.4. The number of hydrogen-bond donors (Lipinski definition) is 1. The van der Waals surface area contributed by atoms with Gasteiger partial charge in [0.25, 0.3) is 0 Å². The van der Waals surface area contributed by atoms with Gasteiger partial charge in [-0.25, -0.2) is 0 Å². The monoisotopic (exact) mass is 85.1 g/mol. The molecule has 0 saturated heterocycles. The molecule has 0 radical (unpaired) electrons. The second-order valence-electron chi connectivity index (χ2n) is 1.10. The largest absolute Gasteiger partial charge is 0.306 e. The highest BCUT2D eigenvalue weighted by Crippen LogP contribution is 1.75. The first-order valence-corrected chi connectivity index (χ1v) is 2.10. The molecule has 2 nitrogen and oxygen atoms in total. The van der Waals surface area contributed by atoms with Crippen LogP contribution in [0.3, 0.4) is 0 Å². The van der Waals surface area contributed by atoms with Gasteiger partial charge in [0.2, 0.25) is 0 Å². The van der Waals surface area contributed by atoms with Crippen LogP contribution < -0.4 is 0 Å². The number of rotatable bonds is 2. The van der Waals surface area contributed by atoms with E-state index in [-0.39, 0.29) is 0 Å². The lowest BCUT2D eigenvalue weighted by Gasteiger charge is -1.63. The molecule has 1 N–H and O–H groups in total. The van der Waals surface area contributed by atoms with Gasteiger partial charge in [0.15, 0.2) is 0 Å². The van der Waals surface area contributed by atoms with Gasteiger partial charge in [-0.1, -0.05) is 6.92 Å². The van der Waals surface area contributed by atoms with Crippen molar-refractivity contribution < 1.29 is 4.79 Å². The Morgan fingerprint density at radius 1 is 1.83 bits per heavy atom. The van der Waals surface area contributed by atoms with Gasteiger partial charge in [0.05, 0.1) is 5.53 Å². The van der Waals surface area contributed by atoms with Crippen molar-refractivity contribution in [2.24, 2.45) is 0 Å². The molecular formula is C4H9N2+. The Balaban J connectivity index is 2.86. The summed E-state index contributed by atoms with van der Waals surface area (Å²) in [6.45, 7) is 2.06. The third-order valence-corrected chi connectivity index (χ3v) is 0.509. The van der Waals surface area contributed by atoms with Crippen molar-refractivity contribution in [1.82, 2.24) is 0 Å². The maximum absolute atomic E-state index is 6.28. The summed E-state index contributed by atoms with van der Waals surface area (Å²) in [7, 11) is 0. The number of nitrogens with one attached hydrogen (secondary N) is 1. The Kier molecular flexibility index (Phi) is 3.93. The highest BCUT2D eigenvalue weighted by atomic mass is 14.8. The molecule has 0 bridgehead atoms. The maximum atomic E-state index is 6.28.